The first kappa shape index (κ1) is 14.7. The quantitative estimate of drug-likeness (QED) is 0.681. The van der Waals surface area contributed by atoms with Crippen molar-refractivity contribution >= 4 is 44.3 Å². The molecule has 0 unspecified atom stereocenters. The molecule has 2 rings (SSSR count). The van der Waals surface area contributed by atoms with Gasteiger partial charge in [-0.15, -0.1) is 0 Å². The van der Waals surface area contributed by atoms with Gasteiger partial charge in [-0.2, -0.15) is 0 Å². The maximum atomic E-state index is 6.02. The molecule has 0 fully saturated rings. The van der Waals surface area contributed by atoms with E-state index in [9.17, 15) is 0 Å². The van der Waals surface area contributed by atoms with Gasteiger partial charge in [-0.1, -0.05) is 48.8 Å². The van der Waals surface area contributed by atoms with Crippen LogP contribution in [-0.2, 0) is 5.41 Å². The van der Waals surface area contributed by atoms with Crippen molar-refractivity contribution in [2.24, 2.45) is 0 Å². The molecule has 0 saturated heterocycles. The van der Waals surface area contributed by atoms with Crippen LogP contribution in [0.25, 0.3) is 11.4 Å². The molecule has 2 N–H and O–H groups in total. The number of halogens is 2. The Labute approximate surface area is 135 Å². The molecule has 2 aromatic rings. The fourth-order valence-electron chi connectivity index (χ4n) is 1.69. The predicted octanol–water partition coefficient (Wildman–Crippen LogP) is 4.39. The average molecular weight is 432 g/mol. The minimum absolute atomic E-state index is 0.0578. The number of nitrogen functional groups attached to an aromatic ring is 1. The second kappa shape index (κ2) is 5.36. The van der Waals surface area contributed by atoms with E-state index in [1.54, 1.807) is 0 Å². The van der Waals surface area contributed by atoms with Crippen molar-refractivity contribution in [3.8, 4) is 11.4 Å². The summed E-state index contributed by atoms with van der Waals surface area (Å²) < 4.78 is 1.97. The van der Waals surface area contributed by atoms with Gasteiger partial charge in [0.1, 0.15) is 5.82 Å². The van der Waals surface area contributed by atoms with Gasteiger partial charge in [0.2, 0.25) is 0 Å². The Morgan fingerprint density at radius 3 is 2.21 bits per heavy atom. The third-order valence-corrected chi connectivity index (χ3v) is 4.28. The molecule has 1 aromatic heterocycles. The van der Waals surface area contributed by atoms with E-state index >= 15 is 0 Å². The molecule has 0 aliphatic carbocycles. The zero-order valence-corrected chi connectivity index (χ0v) is 14.8. The second-order valence-electron chi connectivity index (χ2n) is 5.35. The summed E-state index contributed by atoms with van der Waals surface area (Å²) >= 11 is 5.64. The van der Waals surface area contributed by atoms with Crippen LogP contribution in [0.5, 0.6) is 0 Å². The fraction of sp³-hybridized carbons (Fsp3) is 0.286. The molecule has 0 atom stereocenters. The Kier molecular flexibility index (Phi) is 4.15. The van der Waals surface area contributed by atoms with Gasteiger partial charge in [0.25, 0.3) is 0 Å². The molecule has 3 nitrogen and oxygen atoms in total. The summed E-state index contributed by atoms with van der Waals surface area (Å²) in [6.45, 7) is 6.38. The largest absolute Gasteiger partial charge is 0.383 e. The van der Waals surface area contributed by atoms with Crippen molar-refractivity contribution in [1.29, 1.82) is 0 Å². The topological polar surface area (TPSA) is 51.8 Å². The van der Waals surface area contributed by atoms with E-state index < -0.39 is 0 Å². The fourth-order valence-corrected chi connectivity index (χ4v) is 3.00. The highest BCUT2D eigenvalue weighted by Gasteiger charge is 2.22. The summed E-state index contributed by atoms with van der Waals surface area (Å²) in [4.78, 5) is 9.08. The lowest BCUT2D eigenvalue weighted by Crippen LogP contribution is -2.18. The van der Waals surface area contributed by atoms with Crippen LogP contribution in [0.4, 0.5) is 5.82 Å². The Balaban J connectivity index is 2.60. The zero-order chi connectivity index (χ0) is 14.2. The van der Waals surface area contributed by atoms with Crippen LogP contribution in [0.3, 0.4) is 0 Å². The van der Waals surface area contributed by atoms with Gasteiger partial charge in [0.15, 0.2) is 5.82 Å². The van der Waals surface area contributed by atoms with Crippen molar-refractivity contribution in [1.82, 2.24) is 9.97 Å². The van der Waals surface area contributed by atoms with Crippen LogP contribution in [0.2, 0.25) is 0 Å². The van der Waals surface area contributed by atoms with E-state index in [1.165, 1.54) is 0 Å². The summed E-state index contributed by atoms with van der Waals surface area (Å²) in [7, 11) is 0. The zero-order valence-electron chi connectivity index (χ0n) is 11.0. The first-order chi connectivity index (χ1) is 8.79. The van der Waals surface area contributed by atoms with Crippen molar-refractivity contribution in [2.75, 3.05) is 5.73 Å². The molecule has 0 bridgehead atoms. The number of benzene rings is 1. The number of aromatic nitrogens is 2. The van der Waals surface area contributed by atoms with E-state index in [1.807, 2.05) is 24.3 Å². The van der Waals surface area contributed by atoms with Gasteiger partial charge in [0.05, 0.1) is 9.26 Å². The van der Waals surface area contributed by atoms with Gasteiger partial charge >= 0.3 is 0 Å². The average Bonchev–Trinajstić information content (AvgIpc) is 2.32. The Morgan fingerprint density at radius 1 is 1.11 bits per heavy atom. The van der Waals surface area contributed by atoms with Crippen LogP contribution in [0.15, 0.2) is 28.7 Å². The lowest BCUT2D eigenvalue weighted by Gasteiger charge is -2.21. The number of rotatable bonds is 1. The Hall–Kier alpha value is -0.690. The molecule has 100 valence electrons. The Bertz CT molecular complexity index is 603. The monoisotopic (exact) mass is 431 g/mol. The number of anilines is 1. The maximum Gasteiger partial charge on any atom is 0.161 e. The highest BCUT2D eigenvalue weighted by Crippen LogP contribution is 2.30. The lowest BCUT2D eigenvalue weighted by molar-refractivity contribution is 0.564. The van der Waals surface area contributed by atoms with Crippen molar-refractivity contribution in [3.05, 3.63) is 38.0 Å². The molecule has 0 spiro atoms. The van der Waals surface area contributed by atoms with Crippen LogP contribution in [-0.4, -0.2) is 9.97 Å². The van der Waals surface area contributed by atoms with Crippen LogP contribution in [0, 0.1) is 3.57 Å². The van der Waals surface area contributed by atoms with Gasteiger partial charge in [-0.25, -0.2) is 9.97 Å². The lowest BCUT2D eigenvalue weighted by atomic mass is 9.92. The highest BCUT2D eigenvalue weighted by molar-refractivity contribution is 14.1. The first-order valence-electron chi connectivity index (χ1n) is 5.88. The normalized spacial score (nSPS) is 11.6. The van der Waals surface area contributed by atoms with Crippen LogP contribution < -0.4 is 5.73 Å². The van der Waals surface area contributed by atoms with E-state index in [2.05, 4.69) is 64.3 Å². The molecule has 0 aliphatic rings. The molecule has 0 amide bonds. The van der Waals surface area contributed by atoms with E-state index in [0.29, 0.717) is 11.6 Å². The number of nitrogens with zero attached hydrogens (tertiary/aromatic N) is 2. The molecule has 1 aromatic carbocycles. The van der Waals surface area contributed by atoms with Gasteiger partial charge in [0, 0.05) is 15.5 Å². The number of hydrogen-bond donors (Lipinski definition) is 1. The van der Waals surface area contributed by atoms with Crippen molar-refractivity contribution < 1.29 is 0 Å². The molecule has 0 saturated carbocycles. The summed E-state index contributed by atoms with van der Waals surface area (Å²) in [6, 6.07) is 7.92. The minimum Gasteiger partial charge on any atom is -0.383 e. The first-order valence-corrected chi connectivity index (χ1v) is 7.75. The third kappa shape index (κ3) is 3.25. The number of nitrogens with two attached hydrogens (primary N) is 1. The van der Waals surface area contributed by atoms with Gasteiger partial charge < -0.3 is 5.73 Å². The van der Waals surface area contributed by atoms with Crippen molar-refractivity contribution in [2.45, 2.75) is 26.2 Å². The number of hydrogen-bond acceptors (Lipinski definition) is 3. The highest BCUT2D eigenvalue weighted by atomic mass is 127. The molecule has 19 heavy (non-hydrogen) atoms. The molecular weight excluding hydrogens is 417 g/mol. The molecule has 0 aliphatic heterocycles. The molecule has 1 heterocycles. The minimum atomic E-state index is -0.0578. The van der Waals surface area contributed by atoms with Gasteiger partial charge in [-0.3, -0.25) is 0 Å². The second-order valence-corrected chi connectivity index (χ2v) is 7.35. The van der Waals surface area contributed by atoms with Crippen molar-refractivity contribution in [3.63, 3.8) is 0 Å². The predicted molar refractivity (Wildman–Crippen MR) is 91.0 cm³/mol. The third-order valence-electron chi connectivity index (χ3n) is 2.69. The standard InChI is InChI=1S/C14H15BrIN3/c1-14(2,3)11-10(16)12(17)19-13(18-11)8-4-6-9(15)7-5-8/h4-7H,1-3H3,(H2,17,18,19). The molecule has 0 radical (unpaired) electrons. The molecule has 5 heteroatoms. The summed E-state index contributed by atoms with van der Waals surface area (Å²) in [5, 5.41) is 0. The van der Waals surface area contributed by atoms with E-state index in [-0.39, 0.29) is 5.41 Å². The molecular formula is C14H15BrIN3. The van der Waals surface area contributed by atoms with E-state index in [0.717, 1.165) is 19.3 Å². The Morgan fingerprint density at radius 2 is 1.68 bits per heavy atom. The summed E-state index contributed by atoms with van der Waals surface area (Å²) in [5.74, 6) is 1.22. The summed E-state index contributed by atoms with van der Waals surface area (Å²) in [6.07, 6.45) is 0. The summed E-state index contributed by atoms with van der Waals surface area (Å²) in [5.41, 5.74) is 7.91. The van der Waals surface area contributed by atoms with Crippen LogP contribution in [0.1, 0.15) is 26.5 Å². The smallest absolute Gasteiger partial charge is 0.161 e. The SMILES string of the molecule is CC(C)(C)c1nc(-c2ccc(Br)cc2)nc(N)c1I. The van der Waals surface area contributed by atoms with Crippen LogP contribution >= 0.6 is 38.5 Å². The maximum absolute atomic E-state index is 6.02. The van der Waals surface area contributed by atoms with E-state index in [4.69, 9.17) is 10.7 Å². The van der Waals surface area contributed by atoms with Gasteiger partial charge in [-0.05, 0) is 34.7 Å².